The van der Waals surface area contributed by atoms with Crippen molar-refractivity contribution in [1.29, 1.82) is 0 Å². The number of nitrogens with zero attached hydrogens (tertiary/aromatic N) is 4. The summed E-state index contributed by atoms with van der Waals surface area (Å²) in [5.74, 6) is 0. The Balaban J connectivity index is 1.09. The van der Waals surface area contributed by atoms with Crippen LogP contribution in [0.3, 0.4) is 0 Å². The van der Waals surface area contributed by atoms with Crippen LogP contribution in [0.4, 0.5) is 0 Å². The largest absolute Gasteiger partial charge is 0.308 e. The highest BCUT2D eigenvalue weighted by atomic mass is 15.0. The molecule has 4 nitrogen and oxygen atoms in total. The Morgan fingerprint density at radius 2 is 1.28 bits per heavy atom. The van der Waals surface area contributed by atoms with Gasteiger partial charge in [-0.25, -0.2) is 0 Å². The molecule has 190 valence electrons. The fourth-order valence-electron chi connectivity index (χ4n) is 6.73. The Morgan fingerprint density at radius 3 is 2.03 bits per heavy atom. The summed E-state index contributed by atoms with van der Waals surface area (Å²) in [5.41, 5.74) is 14.6. The molecule has 4 heteroatoms. The van der Waals surface area contributed by atoms with Gasteiger partial charge in [-0.05, 0) is 109 Å². The number of hydrogen-bond donors (Lipinski definition) is 0. The molecule has 0 spiro atoms. The lowest BCUT2D eigenvalue weighted by Crippen LogP contribution is -2.07. The second-order valence-corrected chi connectivity index (χ2v) is 10.8. The van der Waals surface area contributed by atoms with Gasteiger partial charge in [0.1, 0.15) is 0 Å². The monoisotopic (exact) mass is 506 g/mol. The van der Waals surface area contributed by atoms with Crippen LogP contribution in [0.15, 0.2) is 84.1 Å². The zero-order chi connectivity index (χ0) is 25.8. The third-order valence-electron chi connectivity index (χ3n) is 8.56. The van der Waals surface area contributed by atoms with E-state index in [9.17, 15) is 0 Å². The summed E-state index contributed by atoms with van der Waals surface area (Å²) in [7, 11) is 0. The normalized spacial score (nSPS) is 15.4. The standard InChI is InChI=1S/C35H30N4/c1-3-7-32-28(5-1)30-17-19-36-22-34(30)38(32)26-13-9-24(10-14-26)21-25-11-15-27(16-12-25)39-33-8-4-2-6-29(33)31-18-20-37-23-35(31)39/h3-4,7-17,19,22-23H,1-2,5-6,18,20-21H2. The number of pyridine rings is 1. The molecule has 2 aliphatic carbocycles. The Labute approximate surface area is 228 Å². The van der Waals surface area contributed by atoms with Gasteiger partial charge in [-0.3, -0.25) is 9.98 Å². The first-order valence-electron chi connectivity index (χ1n) is 14.1. The summed E-state index contributed by atoms with van der Waals surface area (Å²) < 4.78 is 4.77. The Hall–Kier alpha value is -4.44. The molecule has 0 radical (unpaired) electrons. The molecule has 5 aromatic rings. The van der Waals surface area contributed by atoms with Gasteiger partial charge in [0.2, 0.25) is 0 Å². The van der Waals surface area contributed by atoms with Crippen molar-refractivity contribution in [2.45, 2.75) is 38.5 Å². The first-order chi connectivity index (χ1) is 19.3. The van der Waals surface area contributed by atoms with E-state index in [0.717, 1.165) is 45.1 Å². The van der Waals surface area contributed by atoms with Crippen LogP contribution in [-0.2, 0) is 25.7 Å². The highest BCUT2D eigenvalue weighted by Gasteiger charge is 2.24. The van der Waals surface area contributed by atoms with Gasteiger partial charge in [-0.1, -0.05) is 36.4 Å². The summed E-state index contributed by atoms with van der Waals surface area (Å²) in [6.45, 7) is 0.904. The van der Waals surface area contributed by atoms with Crippen molar-refractivity contribution in [3.63, 3.8) is 0 Å². The molecular weight excluding hydrogens is 476 g/mol. The molecule has 0 unspecified atom stereocenters. The van der Waals surface area contributed by atoms with Crippen molar-refractivity contribution < 1.29 is 0 Å². The fourth-order valence-corrected chi connectivity index (χ4v) is 6.73. The molecule has 3 aliphatic rings. The highest BCUT2D eigenvalue weighted by molar-refractivity contribution is 5.90. The SMILES string of the molecule is C1=Cc2c(c3c(n2-c2ccc(Cc4ccc(-n5c6c(c7ccncc75)CCC=C6)cc4)cc2)C=NCC3)CC1. The zero-order valence-electron chi connectivity index (χ0n) is 22.0. The van der Waals surface area contributed by atoms with Crippen LogP contribution >= 0.6 is 0 Å². The molecule has 3 aromatic heterocycles. The Morgan fingerprint density at radius 1 is 0.641 bits per heavy atom. The zero-order valence-corrected chi connectivity index (χ0v) is 22.0. The average Bonchev–Trinajstić information content (AvgIpc) is 3.51. The number of rotatable bonds is 4. The summed E-state index contributed by atoms with van der Waals surface area (Å²) in [6, 6.07) is 20.3. The van der Waals surface area contributed by atoms with E-state index in [-0.39, 0.29) is 0 Å². The van der Waals surface area contributed by atoms with Crippen LogP contribution in [0.5, 0.6) is 0 Å². The molecule has 0 fully saturated rings. The van der Waals surface area contributed by atoms with E-state index >= 15 is 0 Å². The van der Waals surface area contributed by atoms with E-state index in [1.54, 1.807) is 0 Å². The number of aliphatic imine (C=N–C) groups is 1. The van der Waals surface area contributed by atoms with Crippen LogP contribution in [0.25, 0.3) is 34.4 Å². The van der Waals surface area contributed by atoms with Crippen LogP contribution in [0, 0.1) is 0 Å². The van der Waals surface area contributed by atoms with Crippen LogP contribution in [0.2, 0.25) is 0 Å². The maximum Gasteiger partial charge on any atom is 0.0721 e. The van der Waals surface area contributed by atoms with Crippen LogP contribution in [0.1, 0.15) is 57.7 Å². The lowest BCUT2D eigenvalue weighted by atomic mass is 9.97. The third-order valence-corrected chi connectivity index (χ3v) is 8.56. The number of fused-ring (bicyclic) bond motifs is 6. The van der Waals surface area contributed by atoms with Crippen molar-refractivity contribution >= 4 is 29.3 Å². The molecule has 39 heavy (non-hydrogen) atoms. The van der Waals surface area contributed by atoms with E-state index in [0.29, 0.717) is 0 Å². The number of aromatic nitrogens is 3. The van der Waals surface area contributed by atoms with Crippen molar-refractivity contribution in [1.82, 2.24) is 14.1 Å². The van der Waals surface area contributed by atoms with Gasteiger partial charge in [0.25, 0.3) is 0 Å². The molecule has 0 atom stereocenters. The molecule has 1 aliphatic heterocycles. The molecule has 0 N–H and O–H groups in total. The molecule has 8 rings (SSSR count). The predicted octanol–water partition coefficient (Wildman–Crippen LogP) is 7.30. The minimum atomic E-state index is 0.904. The van der Waals surface area contributed by atoms with E-state index < -0.39 is 0 Å². The summed E-state index contributed by atoms with van der Waals surface area (Å²) >= 11 is 0. The minimum absolute atomic E-state index is 0.904. The van der Waals surface area contributed by atoms with Gasteiger partial charge in [0.05, 0.1) is 17.4 Å². The molecule has 0 saturated heterocycles. The van der Waals surface area contributed by atoms with Gasteiger partial charge < -0.3 is 9.13 Å². The van der Waals surface area contributed by atoms with Crippen LogP contribution in [-0.4, -0.2) is 26.9 Å². The molecule has 0 saturated carbocycles. The summed E-state index contributed by atoms with van der Waals surface area (Å²) in [5, 5.41) is 1.32. The third kappa shape index (κ3) is 3.66. The predicted molar refractivity (Wildman–Crippen MR) is 161 cm³/mol. The van der Waals surface area contributed by atoms with Crippen molar-refractivity contribution in [2.75, 3.05) is 6.54 Å². The molecule has 2 aromatic carbocycles. The number of benzene rings is 2. The molecule has 4 heterocycles. The van der Waals surface area contributed by atoms with Crippen LogP contribution < -0.4 is 0 Å². The minimum Gasteiger partial charge on any atom is -0.308 e. The van der Waals surface area contributed by atoms with Crippen molar-refractivity contribution in [2.24, 2.45) is 4.99 Å². The van der Waals surface area contributed by atoms with Gasteiger partial charge in [-0.2, -0.15) is 0 Å². The molecule has 0 bridgehead atoms. The first kappa shape index (κ1) is 22.5. The van der Waals surface area contributed by atoms with Gasteiger partial charge in [0, 0.05) is 47.1 Å². The maximum atomic E-state index is 4.61. The molecule has 0 amide bonds. The second-order valence-electron chi connectivity index (χ2n) is 10.8. The number of allylic oxidation sites excluding steroid dienone is 2. The van der Waals surface area contributed by atoms with Gasteiger partial charge in [0.15, 0.2) is 0 Å². The fraction of sp³-hybridized carbons (Fsp3) is 0.200. The Kier molecular flexibility index (Phi) is 5.25. The van der Waals surface area contributed by atoms with E-state index in [4.69, 9.17) is 0 Å². The lowest BCUT2D eigenvalue weighted by Gasteiger charge is -2.14. The Bertz CT molecular complexity index is 1770. The lowest BCUT2D eigenvalue weighted by molar-refractivity contribution is 0.907. The summed E-state index contributed by atoms with van der Waals surface area (Å²) in [6.07, 6.45) is 21.6. The smallest absolute Gasteiger partial charge is 0.0721 e. The topological polar surface area (TPSA) is 35.1 Å². The highest BCUT2D eigenvalue weighted by Crippen LogP contribution is 2.35. The van der Waals surface area contributed by atoms with Gasteiger partial charge in [-0.15, -0.1) is 0 Å². The van der Waals surface area contributed by atoms with Crippen molar-refractivity contribution in [3.05, 3.63) is 124 Å². The second kappa shape index (κ2) is 9.09. The molecular formula is C35H30N4. The van der Waals surface area contributed by atoms with E-state index in [2.05, 4.69) is 104 Å². The van der Waals surface area contributed by atoms with Crippen molar-refractivity contribution in [3.8, 4) is 11.4 Å². The quantitative estimate of drug-likeness (QED) is 0.252. The number of hydrogen-bond acceptors (Lipinski definition) is 2. The number of aryl methyl sites for hydroxylation is 1. The summed E-state index contributed by atoms with van der Waals surface area (Å²) in [4.78, 5) is 9.04. The van der Waals surface area contributed by atoms with Gasteiger partial charge >= 0.3 is 0 Å². The van der Waals surface area contributed by atoms with E-state index in [1.807, 2.05) is 12.4 Å². The average molecular weight is 507 g/mol. The first-order valence-corrected chi connectivity index (χ1v) is 14.1. The maximum absolute atomic E-state index is 4.61. The van der Waals surface area contributed by atoms with E-state index in [1.165, 1.54) is 67.2 Å².